The Morgan fingerprint density at radius 3 is 1.21 bits per heavy atom. The van der Waals surface area contributed by atoms with Gasteiger partial charge in [0.05, 0.1) is 0 Å². The van der Waals surface area contributed by atoms with Crippen molar-refractivity contribution in [3.8, 4) is 67.5 Å². The monoisotopic (exact) mass is 995 g/mol. The minimum Gasteiger partial charge on any atom is -0.309 e. The highest BCUT2D eigenvalue weighted by molar-refractivity contribution is 7.85. The highest BCUT2D eigenvalue weighted by atomic mass is 31.2. The number of benzene rings is 11. The first-order valence-corrected chi connectivity index (χ1v) is 28.2. The molecule has 364 valence electrons. The molecule has 1 fully saturated rings. The van der Waals surface area contributed by atoms with Gasteiger partial charge in [0.15, 0.2) is 24.6 Å². The number of hydrogen-bond donors (Lipinski definition) is 0. The molecule has 0 radical (unpaired) electrons. The Labute approximate surface area is 444 Å². The van der Waals surface area contributed by atoms with E-state index in [9.17, 15) is 0 Å². The third-order valence-corrected chi connectivity index (χ3v) is 18.8. The summed E-state index contributed by atoms with van der Waals surface area (Å²) in [5.41, 5.74) is 12.2. The average Bonchev–Trinajstić information content (AvgIpc) is 3.52. The van der Waals surface area contributed by atoms with Crippen molar-refractivity contribution in [2.24, 2.45) is 0 Å². The fourth-order valence-corrected chi connectivity index (χ4v) is 14.5. The van der Waals surface area contributed by atoms with E-state index in [0.717, 1.165) is 102 Å². The van der Waals surface area contributed by atoms with Crippen LogP contribution in [0.25, 0.3) is 89.1 Å². The summed E-state index contributed by atoms with van der Waals surface area (Å²) in [6.07, 6.45) is 5.66. The van der Waals surface area contributed by atoms with Crippen LogP contribution in [0, 0.1) is 0 Å². The number of fused-ring (bicyclic) bond motifs is 2. The Bertz CT molecular complexity index is 3960. The van der Waals surface area contributed by atoms with E-state index in [2.05, 4.69) is 200 Å². The van der Waals surface area contributed by atoms with Crippen molar-refractivity contribution in [3.05, 3.63) is 278 Å². The fourth-order valence-electron chi connectivity index (χ4n) is 11.9. The van der Waals surface area contributed by atoms with Gasteiger partial charge in [0, 0.05) is 38.0 Å². The number of nitrogens with zero attached hydrogens (tertiary/aromatic N) is 3. The zero-order valence-corrected chi connectivity index (χ0v) is 43.0. The summed E-state index contributed by atoms with van der Waals surface area (Å²) in [5, 5.41) is 6.99. The highest BCUT2D eigenvalue weighted by Gasteiger charge is 2.36. The molecular weight excluding hydrogens is 942 g/mol. The lowest BCUT2D eigenvalue weighted by Gasteiger charge is -2.39. The number of hydrogen-bond acceptors (Lipinski definition) is 4. The van der Waals surface area contributed by atoms with Gasteiger partial charge in [0.1, 0.15) is 0 Å². The number of rotatable bonds is 11. The molecule has 1 aliphatic carbocycles. The molecule has 4 nitrogen and oxygen atoms in total. The summed E-state index contributed by atoms with van der Waals surface area (Å²) >= 11 is 0. The second kappa shape index (κ2) is 20.1. The largest absolute Gasteiger partial charge is 0.309 e. The van der Waals surface area contributed by atoms with Crippen LogP contribution in [0.1, 0.15) is 43.2 Å². The third kappa shape index (κ3) is 8.55. The first-order chi connectivity index (χ1) is 37.5. The van der Waals surface area contributed by atoms with Crippen molar-refractivity contribution in [2.45, 2.75) is 37.5 Å². The maximum absolute atomic E-state index is 15.2. The molecule has 0 N–H and O–H groups in total. The Morgan fingerprint density at radius 1 is 0.289 bits per heavy atom. The van der Waals surface area contributed by atoms with Crippen LogP contribution in [0.4, 0.5) is 0 Å². The second-order valence-electron chi connectivity index (χ2n) is 20.1. The smallest absolute Gasteiger partial charge is 0.171 e. The van der Waals surface area contributed by atoms with Crippen LogP contribution in [-0.4, -0.2) is 15.0 Å². The predicted octanol–water partition coefficient (Wildman–Crippen LogP) is 17.1. The minimum atomic E-state index is -3.09. The van der Waals surface area contributed by atoms with E-state index in [1.807, 2.05) is 66.7 Å². The standard InChI is InChI=1S/C71H54N3OP/c75-76(59-27-10-3-11-28-59,60-29-12-4-13-30-60)61-45-41-52(42-46-61)56-25-20-26-58(49-56)71(47-18-5-19-48-71)57-43-39-55(40-44-57)69-72-68(54-37-35-51(36-38-54)50-21-6-1-7-22-50)73-70(74-69)67-64-33-16-14-31-62(64)66(53-23-8-2-9-24-53)63-32-15-17-34-65(63)67/h1-4,6-17,20-46,49H,5,18-19,47-48H2. The molecule has 11 aromatic carbocycles. The van der Waals surface area contributed by atoms with Crippen LogP contribution in [0.5, 0.6) is 0 Å². The number of aromatic nitrogens is 3. The molecule has 0 amide bonds. The second-order valence-corrected chi connectivity index (χ2v) is 22.9. The van der Waals surface area contributed by atoms with Crippen molar-refractivity contribution >= 4 is 44.6 Å². The molecule has 1 saturated carbocycles. The van der Waals surface area contributed by atoms with Crippen molar-refractivity contribution < 1.29 is 4.57 Å². The molecule has 5 heteroatoms. The molecule has 0 unspecified atom stereocenters. The van der Waals surface area contributed by atoms with Gasteiger partial charge in [-0.25, -0.2) is 15.0 Å². The van der Waals surface area contributed by atoms with Gasteiger partial charge < -0.3 is 4.57 Å². The van der Waals surface area contributed by atoms with Crippen LogP contribution in [0.2, 0.25) is 0 Å². The SMILES string of the molecule is O=P(c1ccccc1)(c1ccccc1)c1ccc(-c2cccc(C3(c4ccc(-c5nc(-c6ccc(-c7ccccc7)cc6)nc(-c6c7ccccc7c(-c7ccccc7)c7ccccc67)n5)cc4)CCCCC3)c2)cc1. The van der Waals surface area contributed by atoms with E-state index < -0.39 is 7.14 Å². The van der Waals surface area contributed by atoms with Crippen molar-refractivity contribution in [3.63, 3.8) is 0 Å². The molecule has 0 atom stereocenters. The van der Waals surface area contributed by atoms with E-state index in [4.69, 9.17) is 15.0 Å². The van der Waals surface area contributed by atoms with Gasteiger partial charge >= 0.3 is 0 Å². The fraction of sp³-hybridized carbons (Fsp3) is 0.0845. The molecule has 0 spiro atoms. The first-order valence-electron chi connectivity index (χ1n) is 26.5. The molecule has 1 aromatic heterocycles. The van der Waals surface area contributed by atoms with Gasteiger partial charge in [-0.1, -0.05) is 286 Å². The third-order valence-electron chi connectivity index (χ3n) is 15.7. The summed E-state index contributed by atoms with van der Waals surface area (Å²) in [5.74, 6) is 1.89. The van der Waals surface area contributed by atoms with Gasteiger partial charge in [0.2, 0.25) is 0 Å². The average molecular weight is 996 g/mol. The zero-order valence-electron chi connectivity index (χ0n) is 42.1. The molecule has 0 bridgehead atoms. The maximum Gasteiger partial charge on any atom is 0.171 e. The van der Waals surface area contributed by atoms with Crippen molar-refractivity contribution in [2.75, 3.05) is 0 Å². The van der Waals surface area contributed by atoms with Crippen molar-refractivity contribution in [1.29, 1.82) is 0 Å². The molecular formula is C71H54N3OP. The van der Waals surface area contributed by atoms with Gasteiger partial charge in [-0.3, -0.25) is 0 Å². The van der Waals surface area contributed by atoms with Crippen LogP contribution >= 0.6 is 7.14 Å². The molecule has 13 rings (SSSR count). The summed E-state index contributed by atoms with van der Waals surface area (Å²) < 4.78 is 15.2. The topological polar surface area (TPSA) is 55.7 Å². The molecule has 1 heterocycles. The summed E-state index contributed by atoms with van der Waals surface area (Å²) in [4.78, 5) is 16.1. The Balaban J connectivity index is 0.902. The molecule has 1 aliphatic rings. The lowest BCUT2D eigenvalue weighted by molar-refractivity contribution is 0.346. The van der Waals surface area contributed by atoms with E-state index in [1.165, 1.54) is 28.7 Å². The van der Waals surface area contributed by atoms with Gasteiger partial charge in [-0.15, -0.1) is 0 Å². The normalized spacial score (nSPS) is 13.4. The van der Waals surface area contributed by atoms with E-state index in [0.29, 0.717) is 17.5 Å². The summed E-state index contributed by atoms with van der Waals surface area (Å²) in [6.45, 7) is 0. The van der Waals surface area contributed by atoms with E-state index >= 15 is 4.57 Å². The van der Waals surface area contributed by atoms with Crippen LogP contribution < -0.4 is 15.9 Å². The van der Waals surface area contributed by atoms with Gasteiger partial charge in [-0.05, 0) is 78.9 Å². The zero-order chi connectivity index (χ0) is 50.9. The van der Waals surface area contributed by atoms with Crippen LogP contribution in [0.3, 0.4) is 0 Å². The lowest BCUT2D eigenvalue weighted by atomic mass is 9.65. The summed E-state index contributed by atoms with van der Waals surface area (Å²) in [7, 11) is -3.09. The Morgan fingerprint density at radius 2 is 0.671 bits per heavy atom. The highest BCUT2D eigenvalue weighted by Crippen LogP contribution is 2.48. The molecule has 12 aromatic rings. The quantitative estimate of drug-likeness (QED) is 0.0957. The Hall–Kier alpha value is -8.82. The molecule has 76 heavy (non-hydrogen) atoms. The van der Waals surface area contributed by atoms with Crippen LogP contribution in [0.15, 0.2) is 267 Å². The summed E-state index contributed by atoms with van der Waals surface area (Å²) in [6, 6.07) is 93.5. The van der Waals surface area contributed by atoms with Crippen LogP contribution in [-0.2, 0) is 9.98 Å². The Kier molecular flexibility index (Phi) is 12.4. The molecule has 0 saturated heterocycles. The van der Waals surface area contributed by atoms with Crippen molar-refractivity contribution in [1.82, 2.24) is 15.0 Å². The maximum atomic E-state index is 15.2. The molecule has 0 aliphatic heterocycles. The predicted molar refractivity (Wildman–Crippen MR) is 317 cm³/mol. The first kappa shape index (κ1) is 46.9. The van der Waals surface area contributed by atoms with Gasteiger partial charge in [0.25, 0.3) is 0 Å². The lowest BCUT2D eigenvalue weighted by Crippen LogP contribution is -2.30. The minimum absolute atomic E-state index is 0.169. The van der Waals surface area contributed by atoms with Gasteiger partial charge in [-0.2, -0.15) is 0 Å². The van der Waals surface area contributed by atoms with E-state index in [-0.39, 0.29) is 5.41 Å². The van der Waals surface area contributed by atoms with E-state index in [1.54, 1.807) is 0 Å².